The van der Waals surface area contributed by atoms with Crippen molar-refractivity contribution in [2.45, 2.75) is 19.4 Å². The number of aromatic hydroxyl groups is 1. The van der Waals surface area contributed by atoms with Crippen LogP contribution in [0.3, 0.4) is 0 Å². The summed E-state index contributed by atoms with van der Waals surface area (Å²) >= 11 is 0. The van der Waals surface area contributed by atoms with E-state index in [2.05, 4.69) is 15.5 Å². The average Bonchev–Trinajstić information content (AvgIpc) is 2.87. The van der Waals surface area contributed by atoms with E-state index in [0.717, 1.165) is 0 Å². The smallest absolute Gasteiger partial charge is 0.326 e. The van der Waals surface area contributed by atoms with Crippen molar-refractivity contribution < 1.29 is 19.8 Å². The third-order valence-corrected chi connectivity index (χ3v) is 2.92. The number of carbonyl (C=O) groups excluding carboxylic acids is 1. The third-order valence-electron chi connectivity index (χ3n) is 2.92. The Morgan fingerprint density at radius 2 is 2.00 bits per heavy atom. The molecule has 2 rings (SSSR count). The van der Waals surface area contributed by atoms with Crippen LogP contribution < -0.4 is 5.32 Å². The van der Waals surface area contributed by atoms with Gasteiger partial charge in [-0.15, -0.1) is 0 Å². The summed E-state index contributed by atoms with van der Waals surface area (Å²) in [6.07, 6.45) is 0.116. The van der Waals surface area contributed by atoms with Crippen LogP contribution in [0.15, 0.2) is 30.3 Å². The molecule has 0 aliphatic rings. The van der Waals surface area contributed by atoms with E-state index in [0.29, 0.717) is 11.3 Å². The number of H-pyrrole nitrogens is 1. The highest BCUT2D eigenvalue weighted by atomic mass is 16.4. The second kappa shape index (κ2) is 6.08. The molecule has 110 valence electrons. The van der Waals surface area contributed by atoms with Crippen LogP contribution in [0.4, 0.5) is 0 Å². The van der Waals surface area contributed by atoms with Gasteiger partial charge in [-0.3, -0.25) is 9.89 Å². The molecule has 0 fully saturated rings. The van der Waals surface area contributed by atoms with Crippen molar-refractivity contribution in [1.82, 2.24) is 15.5 Å². The van der Waals surface area contributed by atoms with Crippen molar-refractivity contribution in [3.8, 4) is 5.75 Å². The molecule has 7 heteroatoms. The van der Waals surface area contributed by atoms with Gasteiger partial charge in [0.25, 0.3) is 5.91 Å². The van der Waals surface area contributed by atoms with E-state index >= 15 is 0 Å². The summed E-state index contributed by atoms with van der Waals surface area (Å²) in [5.41, 5.74) is 1.55. The molecule has 7 nitrogen and oxygen atoms in total. The van der Waals surface area contributed by atoms with Gasteiger partial charge in [0.05, 0.1) is 0 Å². The number of aromatic nitrogens is 2. The molecule has 21 heavy (non-hydrogen) atoms. The number of aliphatic carboxylic acids is 1. The molecule has 0 radical (unpaired) electrons. The maximum atomic E-state index is 11.9. The molecule has 0 unspecified atom stereocenters. The maximum Gasteiger partial charge on any atom is 0.326 e. The number of carboxylic acid groups (broad SMARTS) is 1. The highest BCUT2D eigenvalue weighted by molar-refractivity contribution is 5.95. The van der Waals surface area contributed by atoms with Gasteiger partial charge in [-0.25, -0.2) is 4.79 Å². The summed E-state index contributed by atoms with van der Waals surface area (Å²) in [6.45, 7) is 1.74. The van der Waals surface area contributed by atoms with Gasteiger partial charge >= 0.3 is 5.97 Å². The maximum absolute atomic E-state index is 11.9. The van der Waals surface area contributed by atoms with Crippen molar-refractivity contribution in [3.05, 3.63) is 47.3 Å². The Morgan fingerprint density at radius 1 is 1.33 bits per heavy atom. The van der Waals surface area contributed by atoms with Crippen molar-refractivity contribution in [1.29, 1.82) is 0 Å². The molecule has 0 bridgehead atoms. The summed E-state index contributed by atoms with van der Waals surface area (Å²) < 4.78 is 0. The normalized spacial score (nSPS) is 11.9. The molecule has 4 N–H and O–H groups in total. The Balaban J connectivity index is 2.07. The number of phenols is 1. The van der Waals surface area contributed by atoms with Crippen molar-refractivity contribution in [3.63, 3.8) is 0 Å². The molecule has 2 aromatic rings. The molecule has 0 saturated carbocycles. The molecule has 0 spiro atoms. The SMILES string of the molecule is Cc1cc(C(=O)N[C@@H](Cc2ccc(O)cc2)C(=O)O)n[nH]1. The second-order valence-electron chi connectivity index (χ2n) is 4.67. The Morgan fingerprint density at radius 3 is 2.52 bits per heavy atom. The number of aryl methyl sites for hydroxylation is 1. The number of aromatic amines is 1. The van der Waals surface area contributed by atoms with Crippen LogP contribution in [0, 0.1) is 6.92 Å². The number of hydrogen-bond donors (Lipinski definition) is 4. The van der Waals surface area contributed by atoms with Gasteiger partial charge in [-0.1, -0.05) is 12.1 Å². The molecular weight excluding hydrogens is 274 g/mol. The van der Waals surface area contributed by atoms with Gasteiger partial charge in [0.15, 0.2) is 0 Å². The van der Waals surface area contributed by atoms with Crippen molar-refractivity contribution in [2.24, 2.45) is 0 Å². The predicted molar refractivity (Wildman–Crippen MR) is 74.0 cm³/mol. The van der Waals surface area contributed by atoms with E-state index in [-0.39, 0.29) is 17.9 Å². The van der Waals surface area contributed by atoms with Crippen molar-refractivity contribution >= 4 is 11.9 Å². The van der Waals surface area contributed by atoms with Gasteiger partial charge in [-0.05, 0) is 30.7 Å². The summed E-state index contributed by atoms with van der Waals surface area (Å²) in [7, 11) is 0. The number of rotatable bonds is 5. The van der Waals surface area contributed by atoms with Gasteiger partial charge < -0.3 is 15.5 Å². The van der Waals surface area contributed by atoms with E-state index in [1.54, 1.807) is 19.1 Å². The predicted octanol–water partition coefficient (Wildman–Crippen LogP) is 0.849. The molecule has 0 aliphatic heterocycles. The lowest BCUT2D eigenvalue weighted by atomic mass is 10.1. The first-order valence-electron chi connectivity index (χ1n) is 6.29. The number of amides is 1. The quantitative estimate of drug-likeness (QED) is 0.651. The lowest BCUT2D eigenvalue weighted by Crippen LogP contribution is -2.42. The lowest BCUT2D eigenvalue weighted by Gasteiger charge is -2.13. The first kappa shape index (κ1) is 14.6. The Labute approximate surface area is 120 Å². The van der Waals surface area contributed by atoms with E-state index < -0.39 is 17.9 Å². The number of hydrogen-bond acceptors (Lipinski definition) is 4. The molecule has 0 aliphatic carbocycles. The fraction of sp³-hybridized carbons (Fsp3) is 0.214. The fourth-order valence-electron chi connectivity index (χ4n) is 1.83. The van der Waals surface area contributed by atoms with Crippen LogP contribution in [0.1, 0.15) is 21.7 Å². The van der Waals surface area contributed by atoms with Crippen LogP contribution in [-0.4, -0.2) is 38.3 Å². The molecule has 1 aromatic heterocycles. The number of carboxylic acids is 1. The second-order valence-corrected chi connectivity index (χ2v) is 4.67. The first-order valence-corrected chi connectivity index (χ1v) is 6.29. The molecular formula is C14H15N3O4. The van der Waals surface area contributed by atoms with Crippen LogP contribution in [0.5, 0.6) is 5.75 Å². The minimum Gasteiger partial charge on any atom is -0.508 e. The summed E-state index contributed by atoms with van der Waals surface area (Å²) in [6, 6.07) is 6.61. The minimum absolute atomic E-state index is 0.0988. The zero-order chi connectivity index (χ0) is 15.4. The van der Waals surface area contributed by atoms with Crippen LogP contribution in [0.2, 0.25) is 0 Å². The van der Waals surface area contributed by atoms with E-state index in [4.69, 9.17) is 0 Å². The first-order chi connectivity index (χ1) is 9.95. The summed E-state index contributed by atoms with van der Waals surface area (Å²) in [5, 5.41) is 27.2. The van der Waals surface area contributed by atoms with Crippen LogP contribution >= 0.6 is 0 Å². The zero-order valence-corrected chi connectivity index (χ0v) is 11.3. The Kier molecular flexibility index (Phi) is 4.22. The number of nitrogens with one attached hydrogen (secondary N) is 2. The topological polar surface area (TPSA) is 115 Å². The van der Waals surface area contributed by atoms with Crippen LogP contribution in [0.25, 0.3) is 0 Å². The monoisotopic (exact) mass is 289 g/mol. The Bertz CT molecular complexity index is 648. The number of phenolic OH excluding ortho intramolecular Hbond substituents is 1. The van der Waals surface area contributed by atoms with E-state index in [1.165, 1.54) is 18.2 Å². The molecule has 0 saturated heterocycles. The van der Waals surface area contributed by atoms with Gasteiger partial charge in [-0.2, -0.15) is 5.10 Å². The highest BCUT2D eigenvalue weighted by Crippen LogP contribution is 2.11. The standard InChI is InChI=1S/C14H15N3O4/c1-8-6-11(17-16-8)13(19)15-12(14(20)21)7-9-2-4-10(18)5-3-9/h2-6,12,18H,7H2,1H3,(H,15,19)(H,16,17)(H,20,21)/t12-/m0/s1. The summed E-state index contributed by atoms with van der Waals surface area (Å²) in [4.78, 5) is 23.2. The third kappa shape index (κ3) is 3.82. The average molecular weight is 289 g/mol. The van der Waals surface area contributed by atoms with Gasteiger partial charge in [0, 0.05) is 12.1 Å². The highest BCUT2D eigenvalue weighted by Gasteiger charge is 2.22. The van der Waals surface area contributed by atoms with Crippen molar-refractivity contribution in [2.75, 3.05) is 0 Å². The number of carbonyl (C=O) groups is 2. The van der Waals surface area contributed by atoms with Crippen LogP contribution in [-0.2, 0) is 11.2 Å². The lowest BCUT2D eigenvalue weighted by molar-refractivity contribution is -0.139. The molecule has 1 atom stereocenters. The molecule has 1 aromatic carbocycles. The minimum atomic E-state index is -1.14. The van der Waals surface area contributed by atoms with E-state index in [1.807, 2.05) is 0 Å². The number of nitrogens with zero attached hydrogens (tertiary/aromatic N) is 1. The van der Waals surface area contributed by atoms with E-state index in [9.17, 15) is 19.8 Å². The fourth-order valence-corrected chi connectivity index (χ4v) is 1.83. The zero-order valence-electron chi connectivity index (χ0n) is 11.3. The largest absolute Gasteiger partial charge is 0.508 e. The summed E-state index contributed by atoms with van der Waals surface area (Å²) in [5.74, 6) is -1.59. The Hall–Kier alpha value is -2.83. The molecule has 1 heterocycles. The number of benzene rings is 1. The van der Waals surface area contributed by atoms with Gasteiger partial charge in [0.2, 0.25) is 0 Å². The van der Waals surface area contributed by atoms with Gasteiger partial charge in [0.1, 0.15) is 17.5 Å². The molecule has 1 amide bonds.